The predicted molar refractivity (Wildman–Crippen MR) is 54.5 cm³/mol. The van der Waals surface area contributed by atoms with E-state index in [0.717, 1.165) is 24.0 Å². The second-order valence-electron chi connectivity index (χ2n) is 3.96. The highest BCUT2D eigenvalue weighted by molar-refractivity contribution is 5.54. The zero-order valence-corrected chi connectivity index (χ0v) is 8.50. The van der Waals surface area contributed by atoms with Gasteiger partial charge in [-0.15, -0.1) is 0 Å². The van der Waals surface area contributed by atoms with Crippen LogP contribution in [0.15, 0.2) is 12.1 Å². The molecule has 2 rings (SSSR count). The number of nitrogens with two attached hydrogens (primary N) is 1. The highest BCUT2D eigenvalue weighted by atomic mass is 16.5. The van der Waals surface area contributed by atoms with Crippen molar-refractivity contribution < 1.29 is 9.84 Å². The molecule has 0 saturated heterocycles. The van der Waals surface area contributed by atoms with Gasteiger partial charge in [-0.05, 0) is 31.4 Å². The first-order valence-corrected chi connectivity index (χ1v) is 4.74. The normalized spacial score (nSPS) is 17.9. The van der Waals surface area contributed by atoms with Crippen LogP contribution in [0.3, 0.4) is 0 Å². The fourth-order valence-electron chi connectivity index (χ4n) is 1.71. The van der Waals surface area contributed by atoms with E-state index in [4.69, 9.17) is 10.5 Å². The molecule has 3 N–H and O–H groups in total. The molecule has 1 aromatic rings. The number of methoxy groups -OCH3 is 1. The third-order valence-electron chi connectivity index (χ3n) is 2.85. The lowest BCUT2D eigenvalue weighted by molar-refractivity contribution is 0.390. The summed E-state index contributed by atoms with van der Waals surface area (Å²) >= 11 is 0. The summed E-state index contributed by atoms with van der Waals surface area (Å²) in [4.78, 5) is 0. The molecule has 1 aliphatic rings. The van der Waals surface area contributed by atoms with Gasteiger partial charge in [0.2, 0.25) is 0 Å². The van der Waals surface area contributed by atoms with Gasteiger partial charge in [0, 0.05) is 5.54 Å². The molecule has 0 radical (unpaired) electrons. The van der Waals surface area contributed by atoms with Gasteiger partial charge in [0.25, 0.3) is 0 Å². The number of hydrogen-bond donors (Lipinski definition) is 2. The monoisotopic (exact) mass is 193 g/mol. The van der Waals surface area contributed by atoms with Gasteiger partial charge in [-0.2, -0.15) is 0 Å². The zero-order valence-electron chi connectivity index (χ0n) is 8.50. The molecule has 0 aromatic heterocycles. The van der Waals surface area contributed by atoms with Crippen LogP contribution in [0.5, 0.6) is 11.5 Å². The van der Waals surface area contributed by atoms with Gasteiger partial charge in [-0.25, -0.2) is 0 Å². The van der Waals surface area contributed by atoms with Gasteiger partial charge in [-0.3, -0.25) is 0 Å². The number of aryl methyl sites for hydroxylation is 1. The van der Waals surface area contributed by atoms with E-state index < -0.39 is 0 Å². The summed E-state index contributed by atoms with van der Waals surface area (Å²) in [7, 11) is 1.60. The van der Waals surface area contributed by atoms with Crippen molar-refractivity contribution in [2.24, 2.45) is 5.73 Å². The average molecular weight is 193 g/mol. The molecule has 1 aliphatic carbocycles. The van der Waals surface area contributed by atoms with Crippen molar-refractivity contribution in [3.8, 4) is 11.5 Å². The summed E-state index contributed by atoms with van der Waals surface area (Å²) in [6.45, 7) is 1.87. The van der Waals surface area contributed by atoms with Gasteiger partial charge in [-0.1, -0.05) is 6.07 Å². The van der Waals surface area contributed by atoms with E-state index in [1.54, 1.807) is 7.11 Å². The molecular formula is C11H15NO2. The molecule has 1 saturated carbocycles. The Balaban J connectivity index is 2.59. The first kappa shape index (κ1) is 9.34. The van der Waals surface area contributed by atoms with Gasteiger partial charge in [0.1, 0.15) is 11.5 Å². The third kappa shape index (κ3) is 1.24. The molecule has 1 fully saturated rings. The molecule has 0 aliphatic heterocycles. The second-order valence-corrected chi connectivity index (χ2v) is 3.96. The maximum atomic E-state index is 9.93. The Morgan fingerprint density at radius 1 is 1.43 bits per heavy atom. The number of phenols is 1. The summed E-state index contributed by atoms with van der Waals surface area (Å²) in [5.41, 5.74) is 7.32. The number of ether oxygens (including phenoxy) is 1. The van der Waals surface area contributed by atoms with Gasteiger partial charge in [0.15, 0.2) is 0 Å². The lowest BCUT2D eigenvalue weighted by atomic mass is 10.00. The van der Waals surface area contributed by atoms with Crippen LogP contribution in [0.1, 0.15) is 24.0 Å². The van der Waals surface area contributed by atoms with Gasteiger partial charge in [0.05, 0.1) is 12.7 Å². The maximum absolute atomic E-state index is 9.93. The van der Waals surface area contributed by atoms with E-state index in [1.807, 2.05) is 19.1 Å². The molecule has 3 nitrogen and oxygen atoms in total. The average Bonchev–Trinajstić information content (AvgIpc) is 2.89. The maximum Gasteiger partial charge on any atom is 0.127 e. The first-order valence-electron chi connectivity index (χ1n) is 4.74. The largest absolute Gasteiger partial charge is 0.507 e. The predicted octanol–water partition coefficient (Wildman–Crippen LogP) is 1.66. The van der Waals surface area contributed by atoms with Crippen LogP contribution in [0.2, 0.25) is 0 Å². The molecule has 14 heavy (non-hydrogen) atoms. The van der Waals surface area contributed by atoms with E-state index in [-0.39, 0.29) is 11.3 Å². The van der Waals surface area contributed by atoms with Crippen molar-refractivity contribution >= 4 is 0 Å². The number of rotatable bonds is 2. The summed E-state index contributed by atoms with van der Waals surface area (Å²) < 4.78 is 5.21. The second kappa shape index (κ2) is 2.89. The minimum absolute atomic E-state index is 0.282. The molecule has 0 amide bonds. The van der Waals surface area contributed by atoms with Crippen molar-refractivity contribution in [3.05, 3.63) is 23.3 Å². The van der Waals surface area contributed by atoms with E-state index in [9.17, 15) is 5.11 Å². The van der Waals surface area contributed by atoms with Crippen LogP contribution < -0.4 is 10.5 Å². The van der Waals surface area contributed by atoms with Gasteiger partial charge >= 0.3 is 0 Å². The third-order valence-corrected chi connectivity index (χ3v) is 2.85. The van der Waals surface area contributed by atoms with Crippen molar-refractivity contribution in [2.45, 2.75) is 25.3 Å². The number of phenolic OH excluding ortho intramolecular Hbond substituents is 1. The quantitative estimate of drug-likeness (QED) is 0.751. The minimum Gasteiger partial charge on any atom is -0.507 e. The Labute approximate surface area is 83.5 Å². The Hall–Kier alpha value is -1.22. The van der Waals surface area contributed by atoms with Crippen molar-refractivity contribution in [1.29, 1.82) is 0 Å². The van der Waals surface area contributed by atoms with Crippen LogP contribution in [0.25, 0.3) is 0 Å². The molecule has 3 heteroatoms. The van der Waals surface area contributed by atoms with Crippen molar-refractivity contribution in [1.82, 2.24) is 0 Å². The van der Waals surface area contributed by atoms with Crippen LogP contribution in [0.4, 0.5) is 0 Å². The first-order chi connectivity index (χ1) is 6.58. The smallest absolute Gasteiger partial charge is 0.127 e. The van der Waals surface area contributed by atoms with E-state index in [2.05, 4.69) is 0 Å². The van der Waals surface area contributed by atoms with E-state index >= 15 is 0 Å². The van der Waals surface area contributed by atoms with Crippen LogP contribution >= 0.6 is 0 Å². The highest BCUT2D eigenvalue weighted by Crippen LogP contribution is 2.50. The Morgan fingerprint density at radius 2 is 2.07 bits per heavy atom. The molecule has 0 spiro atoms. The SMILES string of the molecule is COc1ccc(C)c(O)c1C1(N)CC1. The topological polar surface area (TPSA) is 55.5 Å². The van der Waals surface area contributed by atoms with Crippen molar-refractivity contribution in [2.75, 3.05) is 7.11 Å². The standard InChI is InChI=1S/C11H15NO2/c1-7-3-4-8(14-2)9(10(7)13)11(12)5-6-11/h3-4,13H,5-6,12H2,1-2H3. The molecular weight excluding hydrogens is 178 g/mol. The summed E-state index contributed by atoms with van der Waals surface area (Å²) in [5, 5.41) is 9.93. The molecule has 0 heterocycles. The Bertz CT molecular complexity index is 370. The summed E-state index contributed by atoms with van der Waals surface area (Å²) in [6, 6.07) is 3.70. The summed E-state index contributed by atoms with van der Waals surface area (Å²) in [6.07, 6.45) is 1.83. The number of aromatic hydroxyl groups is 1. The Kier molecular flexibility index (Phi) is 1.93. The number of benzene rings is 1. The lowest BCUT2D eigenvalue weighted by Gasteiger charge is -2.17. The molecule has 0 unspecified atom stereocenters. The molecule has 0 atom stereocenters. The van der Waals surface area contributed by atoms with Crippen LogP contribution in [0, 0.1) is 6.92 Å². The van der Waals surface area contributed by atoms with E-state index in [0.29, 0.717) is 5.75 Å². The fourth-order valence-corrected chi connectivity index (χ4v) is 1.71. The van der Waals surface area contributed by atoms with Gasteiger partial charge < -0.3 is 15.6 Å². The van der Waals surface area contributed by atoms with Crippen LogP contribution in [-0.2, 0) is 5.54 Å². The molecule has 76 valence electrons. The van der Waals surface area contributed by atoms with E-state index in [1.165, 1.54) is 0 Å². The van der Waals surface area contributed by atoms with Crippen molar-refractivity contribution in [3.63, 3.8) is 0 Å². The number of hydrogen-bond acceptors (Lipinski definition) is 3. The highest BCUT2D eigenvalue weighted by Gasteiger charge is 2.44. The Morgan fingerprint density at radius 3 is 2.57 bits per heavy atom. The van der Waals surface area contributed by atoms with Crippen LogP contribution in [-0.4, -0.2) is 12.2 Å². The zero-order chi connectivity index (χ0) is 10.3. The summed E-state index contributed by atoms with van der Waals surface area (Å²) in [5.74, 6) is 0.970. The minimum atomic E-state index is -0.360. The lowest BCUT2D eigenvalue weighted by Crippen LogP contribution is -2.20. The fraction of sp³-hybridized carbons (Fsp3) is 0.455. The molecule has 0 bridgehead atoms. The molecule has 1 aromatic carbocycles.